The fourth-order valence-corrected chi connectivity index (χ4v) is 2.48. The van der Waals surface area contributed by atoms with Crippen LogP contribution in [0.4, 0.5) is 0 Å². The van der Waals surface area contributed by atoms with Crippen LogP contribution < -0.4 is 5.32 Å². The Bertz CT molecular complexity index is 645. The normalized spacial score (nSPS) is 12.2. The second kappa shape index (κ2) is 8.65. The van der Waals surface area contributed by atoms with Crippen molar-refractivity contribution in [1.82, 2.24) is 5.32 Å². The quantitative estimate of drug-likeness (QED) is 0.794. The minimum atomic E-state index is -0.0428. The first kappa shape index (κ1) is 18.2. The van der Waals surface area contributed by atoms with E-state index in [9.17, 15) is 4.79 Å². The van der Waals surface area contributed by atoms with E-state index < -0.39 is 0 Å². The van der Waals surface area contributed by atoms with Crippen molar-refractivity contribution in [2.75, 3.05) is 0 Å². The molecule has 3 heteroatoms. The van der Waals surface area contributed by atoms with Crippen molar-refractivity contribution in [2.45, 2.75) is 52.9 Å². The molecule has 0 unspecified atom stereocenters. The fourth-order valence-electron chi connectivity index (χ4n) is 2.48. The molecule has 0 aromatic heterocycles. The van der Waals surface area contributed by atoms with Gasteiger partial charge in [0.1, 0.15) is 0 Å². The molecule has 0 aliphatic heterocycles. The van der Waals surface area contributed by atoms with Gasteiger partial charge in [-0.25, -0.2) is 0 Å². The van der Waals surface area contributed by atoms with Gasteiger partial charge in [-0.2, -0.15) is 0 Å². The first-order valence-electron chi connectivity index (χ1n) is 8.57. The van der Waals surface area contributed by atoms with Crippen LogP contribution in [-0.4, -0.2) is 12.0 Å². The Morgan fingerprint density at radius 3 is 2.21 bits per heavy atom. The molecule has 1 atom stereocenters. The fraction of sp³-hybridized carbons (Fsp3) is 0.381. The first-order chi connectivity index (χ1) is 11.5. The average molecular weight is 325 g/mol. The van der Waals surface area contributed by atoms with Crippen molar-refractivity contribution in [1.29, 1.82) is 0 Å². The van der Waals surface area contributed by atoms with Crippen LogP contribution in [0.1, 0.15) is 60.3 Å². The summed E-state index contributed by atoms with van der Waals surface area (Å²) < 4.78 is 5.58. The third-order valence-electron chi connectivity index (χ3n) is 3.99. The summed E-state index contributed by atoms with van der Waals surface area (Å²) in [7, 11) is 0. The zero-order chi connectivity index (χ0) is 17.5. The van der Waals surface area contributed by atoms with Crippen LogP contribution in [0.15, 0.2) is 48.5 Å². The van der Waals surface area contributed by atoms with Gasteiger partial charge in [0.15, 0.2) is 0 Å². The number of benzene rings is 2. The predicted octanol–water partition coefficient (Wildman–Crippen LogP) is 4.80. The minimum absolute atomic E-state index is 0.0297. The average Bonchev–Trinajstić information content (AvgIpc) is 2.59. The van der Waals surface area contributed by atoms with E-state index in [1.165, 1.54) is 5.56 Å². The van der Waals surface area contributed by atoms with Crippen LogP contribution in [0.3, 0.4) is 0 Å². The minimum Gasteiger partial charge on any atom is -0.374 e. The molecular weight excluding hydrogens is 298 g/mol. The number of ether oxygens (including phenoxy) is 1. The molecule has 0 saturated carbocycles. The van der Waals surface area contributed by atoms with Crippen LogP contribution in [-0.2, 0) is 11.3 Å². The van der Waals surface area contributed by atoms with Crippen molar-refractivity contribution in [2.24, 2.45) is 0 Å². The largest absolute Gasteiger partial charge is 0.374 e. The van der Waals surface area contributed by atoms with Crippen LogP contribution in [0.2, 0.25) is 0 Å². The second-order valence-electron chi connectivity index (χ2n) is 6.40. The van der Waals surface area contributed by atoms with Crippen molar-refractivity contribution < 1.29 is 9.53 Å². The van der Waals surface area contributed by atoms with Gasteiger partial charge in [-0.15, -0.1) is 0 Å². The molecule has 2 aromatic rings. The monoisotopic (exact) mass is 325 g/mol. The van der Waals surface area contributed by atoms with Gasteiger partial charge < -0.3 is 10.1 Å². The van der Waals surface area contributed by atoms with Crippen LogP contribution in [0.25, 0.3) is 0 Å². The third kappa shape index (κ3) is 5.20. The molecule has 2 aromatic carbocycles. The summed E-state index contributed by atoms with van der Waals surface area (Å²) in [6.07, 6.45) is 1.06. The molecule has 0 radical (unpaired) electrons. The Labute approximate surface area is 145 Å². The number of rotatable bonds is 7. The highest BCUT2D eigenvalue weighted by molar-refractivity contribution is 5.94. The van der Waals surface area contributed by atoms with Gasteiger partial charge in [-0.3, -0.25) is 4.79 Å². The Kier molecular flexibility index (Phi) is 6.56. The van der Waals surface area contributed by atoms with E-state index in [0.717, 1.165) is 17.5 Å². The van der Waals surface area contributed by atoms with Crippen molar-refractivity contribution in [3.63, 3.8) is 0 Å². The summed E-state index contributed by atoms with van der Waals surface area (Å²) in [5.74, 6) is -0.0428. The number of hydrogen-bond donors (Lipinski definition) is 1. The smallest absolute Gasteiger partial charge is 0.251 e. The summed E-state index contributed by atoms with van der Waals surface area (Å²) >= 11 is 0. The topological polar surface area (TPSA) is 38.3 Å². The zero-order valence-electron chi connectivity index (χ0n) is 15.0. The molecule has 3 nitrogen and oxygen atoms in total. The molecule has 128 valence electrons. The standard InChI is InChI=1S/C21H27NO2/c1-5-20(18-10-6-16(4)7-11-18)22-21(23)19-12-8-17(9-13-19)14-24-15(2)3/h6-13,15,20H,5,14H2,1-4H3,(H,22,23)/t20-/m0/s1. The summed E-state index contributed by atoms with van der Waals surface area (Å²) in [4.78, 5) is 12.5. The van der Waals surface area contributed by atoms with Gasteiger partial charge in [0.2, 0.25) is 0 Å². The third-order valence-corrected chi connectivity index (χ3v) is 3.99. The predicted molar refractivity (Wildman–Crippen MR) is 98.0 cm³/mol. The van der Waals surface area contributed by atoms with Gasteiger partial charge in [-0.1, -0.05) is 48.9 Å². The molecule has 0 saturated heterocycles. The molecule has 0 fully saturated rings. The summed E-state index contributed by atoms with van der Waals surface area (Å²) in [6, 6.07) is 16.0. The lowest BCUT2D eigenvalue weighted by molar-refractivity contribution is 0.0656. The van der Waals surface area contributed by atoms with Gasteiger partial charge in [0.25, 0.3) is 5.91 Å². The highest BCUT2D eigenvalue weighted by Gasteiger charge is 2.14. The van der Waals surface area contributed by atoms with E-state index in [-0.39, 0.29) is 18.1 Å². The SMILES string of the molecule is CC[C@H](NC(=O)c1ccc(COC(C)C)cc1)c1ccc(C)cc1. The highest BCUT2D eigenvalue weighted by Crippen LogP contribution is 2.18. The van der Waals surface area contributed by atoms with Crippen LogP contribution >= 0.6 is 0 Å². The maximum Gasteiger partial charge on any atom is 0.251 e. The Morgan fingerprint density at radius 2 is 1.67 bits per heavy atom. The van der Waals surface area contributed by atoms with Gasteiger partial charge >= 0.3 is 0 Å². The summed E-state index contributed by atoms with van der Waals surface area (Å²) in [5.41, 5.74) is 4.11. The lowest BCUT2D eigenvalue weighted by Gasteiger charge is -2.18. The molecule has 0 aliphatic rings. The van der Waals surface area contributed by atoms with E-state index in [0.29, 0.717) is 12.2 Å². The van der Waals surface area contributed by atoms with E-state index in [1.807, 2.05) is 38.1 Å². The molecule has 0 aliphatic carbocycles. The van der Waals surface area contributed by atoms with Crippen molar-refractivity contribution in [3.05, 3.63) is 70.8 Å². The highest BCUT2D eigenvalue weighted by atomic mass is 16.5. The van der Waals surface area contributed by atoms with Gasteiger partial charge in [0.05, 0.1) is 18.8 Å². The molecule has 0 spiro atoms. The number of nitrogens with one attached hydrogen (secondary N) is 1. The molecule has 0 bridgehead atoms. The Hall–Kier alpha value is -2.13. The number of carbonyl (C=O) groups excluding carboxylic acids is 1. The van der Waals surface area contributed by atoms with E-state index in [2.05, 4.69) is 43.4 Å². The Morgan fingerprint density at radius 1 is 1.04 bits per heavy atom. The zero-order valence-corrected chi connectivity index (χ0v) is 15.0. The first-order valence-corrected chi connectivity index (χ1v) is 8.57. The number of carbonyl (C=O) groups is 1. The maximum absolute atomic E-state index is 12.5. The van der Waals surface area contributed by atoms with Gasteiger partial charge in [0, 0.05) is 5.56 Å². The van der Waals surface area contributed by atoms with E-state index in [4.69, 9.17) is 4.74 Å². The Balaban J connectivity index is 2.01. The van der Waals surface area contributed by atoms with Gasteiger partial charge in [-0.05, 0) is 50.5 Å². The summed E-state index contributed by atoms with van der Waals surface area (Å²) in [5, 5.41) is 3.12. The molecule has 2 rings (SSSR count). The van der Waals surface area contributed by atoms with E-state index >= 15 is 0 Å². The number of hydrogen-bond acceptors (Lipinski definition) is 2. The number of aryl methyl sites for hydroxylation is 1. The second-order valence-corrected chi connectivity index (χ2v) is 6.40. The lowest BCUT2D eigenvalue weighted by Crippen LogP contribution is -2.28. The van der Waals surface area contributed by atoms with Crippen molar-refractivity contribution >= 4 is 5.91 Å². The summed E-state index contributed by atoms with van der Waals surface area (Å²) in [6.45, 7) is 8.74. The molecular formula is C21H27NO2. The molecule has 0 heterocycles. The van der Waals surface area contributed by atoms with Crippen LogP contribution in [0.5, 0.6) is 0 Å². The van der Waals surface area contributed by atoms with Crippen LogP contribution in [0, 0.1) is 6.92 Å². The molecule has 1 amide bonds. The maximum atomic E-state index is 12.5. The van der Waals surface area contributed by atoms with Crippen molar-refractivity contribution in [3.8, 4) is 0 Å². The molecule has 1 N–H and O–H groups in total. The number of amides is 1. The molecule has 24 heavy (non-hydrogen) atoms. The van der Waals surface area contributed by atoms with E-state index in [1.54, 1.807) is 0 Å². The lowest BCUT2D eigenvalue weighted by atomic mass is 10.0.